The van der Waals surface area contributed by atoms with E-state index in [-0.39, 0.29) is 0 Å². The van der Waals surface area contributed by atoms with Crippen LogP contribution in [0.3, 0.4) is 0 Å². The average molecular weight is 447 g/mol. The number of benzene rings is 1. The molecule has 0 aliphatic heterocycles. The first-order chi connectivity index (χ1) is 9.76. The molecule has 3 nitrogen and oxygen atoms in total. The number of rotatable bonds is 11. The third-order valence-corrected chi connectivity index (χ3v) is 12.8. The summed E-state index contributed by atoms with van der Waals surface area (Å²) in [5, 5.41) is 0. The first kappa shape index (κ1) is 18.0. The molecule has 0 aromatic heterocycles. The van der Waals surface area contributed by atoms with E-state index in [4.69, 9.17) is 8.56 Å². The Bertz CT molecular complexity index is 321. The zero-order valence-electron chi connectivity index (χ0n) is 13.1. The summed E-state index contributed by atoms with van der Waals surface area (Å²) in [6.07, 6.45) is 3.00. The van der Waals surface area contributed by atoms with Crippen LogP contribution in [0.25, 0.3) is 0 Å². The van der Waals surface area contributed by atoms with Gasteiger partial charge in [-0.15, -0.1) is 0 Å². The molecule has 0 saturated carbocycles. The number of hydrogen-bond acceptors (Lipinski definition) is 3. The van der Waals surface area contributed by atoms with E-state index < -0.39 is 21.3 Å². The molecule has 0 saturated heterocycles. The van der Waals surface area contributed by atoms with Gasteiger partial charge in [0.15, 0.2) is 0 Å². The van der Waals surface area contributed by atoms with Crippen molar-refractivity contribution in [3.63, 3.8) is 0 Å². The van der Waals surface area contributed by atoms with Crippen LogP contribution in [0.2, 0.25) is 0 Å². The van der Waals surface area contributed by atoms with Crippen LogP contribution in [0, 0.1) is 0 Å². The maximum atomic E-state index is 6.16. The topological polar surface area (TPSA) is 27.7 Å². The monoisotopic (exact) mass is 448 g/mol. The Kier molecular flexibility index (Phi) is 9.61. The summed E-state index contributed by atoms with van der Waals surface area (Å²) in [5.74, 6) is 0. The van der Waals surface area contributed by atoms with Gasteiger partial charge in [0, 0.05) is 0 Å². The van der Waals surface area contributed by atoms with E-state index in [9.17, 15) is 0 Å². The Morgan fingerprint density at radius 2 is 1.20 bits per heavy atom. The van der Waals surface area contributed by atoms with Crippen molar-refractivity contribution >= 4 is 0 Å². The van der Waals surface area contributed by atoms with Gasteiger partial charge >= 0.3 is 130 Å². The SMILES string of the molecule is CCC[O][Hf]([CH2]c1ccccc1)([O]CCC)[O]CCC. The molecule has 0 fully saturated rings. The fourth-order valence-corrected chi connectivity index (χ4v) is 12.1. The first-order valence-electron chi connectivity index (χ1n) is 7.72. The van der Waals surface area contributed by atoms with Crippen molar-refractivity contribution < 1.29 is 29.8 Å². The molecule has 0 aliphatic rings. The van der Waals surface area contributed by atoms with Crippen molar-refractivity contribution in [3.05, 3.63) is 35.9 Å². The molecule has 0 unspecified atom stereocenters. The van der Waals surface area contributed by atoms with E-state index >= 15 is 0 Å². The molecule has 0 radical (unpaired) electrons. The van der Waals surface area contributed by atoms with Crippen LogP contribution < -0.4 is 0 Å². The van der Waals surface area contributed by atoms with Crippen molar-refractivity contribution in [2.45, 2.75) is 44.2 Å². The van der Waals surface area contributed by atoms with Gasteiger partial charge < -0.3 is 0 Å². The fraction of sp³-hybridized carbons (Fsp3) is 0.625. The summed E-state index contributed by atoms with van der Waals surface area (Å²) < 4.78 is 19.3. The summed E-state index contributed by atoms with van der Waals surface area (Å²) in [4.78, 5) is 0. The third-order valence-electron chi connectivity index (χ3n) is 2.84. The maximum absolute atomic E-state index is 6.16. The second kappa shape index (κ2) is 10.7. The van der Waals surface area contributed by atoms with E-state index in [0.29, 0.717) is 0 Å². The Labute approximate surface area is 129 Å². The molecule has 0 spiro atoms. The normalized spacial score (nSPS) is 11.8. The predicted molar refractivity (Wildman–Crippen MR) is 78.9 cm³/mol. The van der Waals surface area contributed by atoms with Crippen LogP contribution in [0.5, 0.6) is 0 Å². The van der Waals surface area contributed by atoms with Crippen LogP contribution in [-0.2, 0) is 34.0 Å². The molecule has 1 aromatic carbocycles. The van der Waals surface area contributed by atoms with Gasteiger partial charge in [-0.1, -0.05) is 0 Å². The van der Waals surface area contributed by atoms with Crippen molar-refractivity contribution in [1.29, 1.82) is 0 Å². The van der Waals surface area contributed by atoms with Gasteiger partial charge in [0.05, 0.1) is 0 Å². The molecule has 0 amide bonds. The van der Waals surface area contributed by atoms with Crippen molar-refractivity contribution in [2.75, 3.05) is 19.8 Å². The van der Waals surface area contributed by atoms with Crippen molar-refractivity contribution in [3.8, 4) is 0 Å². The predicted octanol–water partition coefficient (Wildman–Crippen LogP) is 4.37. The van der Waals surface area contributed by atoms with Gasteiger partial charge in [0.2, 0.25) is 0 Å². The molecule has 0 aliphatic carbocycles. The van der Waals surface area contributed by atoms with Gasteiger partial charge in [-0.3, -0.25) is 0 Å². The molecular weight excluding hydrogens is 419 g/mol. The van der Waals surface area contributed by atoms with Gasteiger partial charge in [-0.2, -0.15) is 0 Å². The summed E-state index contributed by atoms with van der Waals surface area (Å²) in [7, 11) is 0. The Morgan fingerprint density at radius 3 is 1.60 bits per heavy atom. The summed E-state index contributed by atoms with van der Waals surface area (Å²) in [6, 6.07) is 10.4. The minimum absolute atomic E-state index is 0.738. The zero-order chi connectivity index (χ0) is 14.7. The molecule has 1 aromatic rings. The molecule has 0 heterocycles. The Balaban J connectivity index is 2.81. The second-order valence-electron chi connectivity index (χ2n) is 4.89. The van der Waals surface area contributed by atoms with Gasteiger partial charge in [0.1, 0.15) is 0 Å². The molecule has 1 rings (SSSR count). The third kappa shape index (κ3) is 6.62. The molecule has 0 atom stereocenters. The van der Waals surface area contributed by atoms with E-state index in [1.807, 2.05) is 6.07 Å². The van der Waals surface area contributed by atoms with E-state index in [1.54, 1.807) is 0 Å². The molecular formula is C16H28HfO3. The second-order valence-corrected chi connectivity index (χ2v) is 14.2. The van der Waals surface area contributed by atoms with Crippen LogP contribution in [-0.4, -0.2) is 19.8 Å². The van der Waals surface area contributed by atoms with E-state index in [0.717, 1.165) is 43.3 Å². The van der Waals surface area contributed by atoms with E-state index in [1.165, 1.54) is 5.56 Å². The van der Waals surface area contributed by atoms with Crippen LogP contribution >= 0.6 is 0 Å². The molecule has 4 heteroatoms. The van der Waals surface area contributed by atoms with Gasteiger partial charge in [-0.05, 0) is 0 Å². The number of hydrogen-bond donors (Lipinski definition) is 0. The summed E-state index contributed by atoms with van der Waals surface area (Å²) in [5.41, 5.74) is 1.26. The quantitative estimate of drug-likeness (QED) is 0.473. The standard InChI is InChI=1S/C7H7.3C3H7O.Hf/c1-7-5-3-2-4-6-7;3*1-2-3-4;/h2-6H,1H2;3*2-3H2,1H3;/q;3*-1;+3. The Morgan fingerprint density at radius 1 is 0.750 bits per heavy atom. The fourth-order valence-electron chi connectivity index (χ4n) is 1.90. The zero-order valence-corrected chi connectivity index (χ0v) is 16.7. The van der Waals surface area contributed by atoms with E-state index in [2.05, 4.69) is 45.0 Å². The minimum atomic E-state index is -3.59. The Hall–Kier alpha value is -0.0299. The van der Waals surface area contributed by atoms with Gasteiger partial charge in [-0.25, -0.2) is 0 Å². The molecule has 0 bridgehead atoms. The van der Waals surface area contributed by atoms with Crippen molar-refractivity contribution in [2.24, 2.45) is 0 Å². The van der Waals surface area contributed by atoms with Crippen LogP contribution in [0.1, 0.15) is 45.6 Å². The average Bonchev–Trinajstić information content (AvgIpc) is 2.49. The van der Waals surface area contributed by atoms with Crippen LogP contribution in [0.4, 0.5) is 0 Å². The summed E-state index contributed by atoms with van der Waals surface area (Å²) >= 11 is -3.59. The molecule has 114 valence electrons. The summed E-state index contributed by atoms with van der Waals surface area (Å²) in [6.45, 7) is 8.59. The molecule has 20 heavy (non-hydrogen) atoms. The first-order valence-corrected chi connectivity index (χ1v) is 14.7. The van der Waals surface area contributed by atoms with Gasteiger partial charge in [0.25, 0.3) is 0 Å². The van der Waals surface area contributed by atoms with Crippen LogP contribution in [0.15, 0.2) is 30.3 Å². The van der Waals surface area contributed by atoms with Crippen molar-refractivity contribution in [1.82, 2.24) is 0 Å². The molecule has 0 N–H and O–H groups in total.